The SMILES string of the molecule is C[C@H]1C2=CNN(c3ccc(F)cc3)C2=CC2=C1[C@@H](CC(NC(=O)N1CCN(c3ccccc3)CC1)c1ccccc1)CC2. The molecule has 3 aromatic rings. The van der Waals surface area contributed by atoms with E-state index < -0.39 is 0 Å². The van der Waals surface area contributed by atoms with Gasteiger partial charge in [0.25, 0.3) is 0 Å². The molecule has 2 heterocycles. The van der Waals surface area contributed by atoms with E-state index in [4.69, 9.17) is 0 Å². The Morgan fingerprint density at radius 3 is 2.35 bits per heavy atom. The highest BCUT2D eigenvalue weighted by molar-refractivity contribution is 5.75. The molecule has 6 nitrogen and oxygen atoms in total. The average molecular weight is 576 g/mol. The van der Waals surface area contributed by atoms with E-state index in [1.165, 1.54) is 34.5 Å². The number of carbonyl (C=O) groups is 1. The highest BCUT2D eigenvalue weighted by atomic mass is 19.1. The molecule has 2 aliphatic carbocycles. The molecule has 0 bridgehead atoms. The van der Waals surface area contributed by atoms with Crippen LogP contribution >= 0.6 is 0 Å². The van der Waals surface area contributed by atoms with E-state index in [1.54, 1.807) is 12.1 Å². The van der Waals surface area contributed by atoms with Gasteiger partial charge in [-0.1, -0.05) is 61.0 Å². The van der Waals surface area contributed by atoms with Gasteiger partial charge in [-0.2, -0.15) is 0 Å². The standard InChI is InChI=1S/C36H38FN5O/c1-25-32-24-38-42(31-16-14-29(37)15-17-31)34(32)23-28-13-12-27(35(25)28)22-33(26-8-4-2-5-9-26)39-36(43)41-20-18-40(19-21-41)30-10-6-3-7-11-30/h2-11,14-17,23-25,27,33,38H,12-13,18-22H2,1H3,(H,39,43)/t25-,27+,33?/m0/s1. The highest BCUT2D eigenvalue weighted by Crippen LogP contribution is 2.49. The first-order valence-corrected chi connectivity index (χ1v) is 15.4. The van der Waals surface area contributed by atoms with E-state index in [-0.39, 0.29) is 23.8 Å². The van der Waals surface area contributed by atoms with Crippen molar-refractivity contribution in [2.24, 2.45) is 11.8 Å². The number of para-hydroxylation sites is 1. The molecule has 2 aliphatic heterocycles. The zero-order valence-electron chi connectivity index (χ0n) is 24.5. The van der Waals surface area contributed by atoms with Crippen LogP contribution in [-0.4, -0.2) is 37.1 Å². The summed E-state index contributed by atoms with van der Waals surface area (Å²) in [6.45, 7) is 5.37. The van der Waals surface area contributed by atoms with Crippen LogP contribution in [0, 0.1) is 17.7 Å². The number of piperazine rings is 1. The van der Waals surface area contributed by atoms with Crippen molar-refractivity contribution in [3.8, 4) is 0 Å². The quantitative estimate of drug-likeness (QED) is 0.335. The van der Waals surface area contributed by atoms with Crippen molar-refractivity contribution in [1.29, 1.82) is 0 Å². The molecule has 4 aliphatic rings. The third kappa shape index (κ3) is 5.40. The van der Waals surface area contributed by atoms with Crippen LogP contribution in [0.5, 0.6) is 0 Å². The Morgan fingerprint density at radius 1 is 0.930 bits per heavy atom. The first kappa shape index (κ1) is 27.3. The molecule has 1 saturated heterocycles. The molecule has 43 heavy (non-hydrogen) atoms. The summed E-state index contributed by atoms with van der Waals surface area (Å²) in [5.74, 6) is 0.405. The van der Waals surface area contributed by atoms with Crippen LogP contribution in [0.15, 0.2) is 120 Å². The summed E-state index contributed by atoms with van der Waals surface area (Å²) < 4.78 is 13.6. The maximum atomic E-state index is 13.6. The molecule has 7 rings (SSSR count). The second-order valence-electron chi connectivity index (χ2n) is 12.0. The Bertz CT molecular complexity index is 1560. The van der Waals surface area contributed by atoms with Gasteiger partial charge in [-0.25, -0.2) is 9.18 Å². The third-order valence-corrected chi connectivity index (χ3v) is 9.50. The lowest BCUT2D eigenvalue weighted by Crippen LogP contribution is -2.52. The van der Waals surface area contributed by atoms with Crippen LogP contribution in [-0.2, 0) is 0 Å². The number of carbonyl (C=O) groups excluding carboxylic acids is 1. The number of hydrazine groups is 1. The molecule has 0 aromatic heterocycles. The Labute approximate surface area is 253 Å². The molecule has 3 aromatic carbocycles. The lowest BCUT2D eigenvalue weighted by Gasteiger charge is -2.37. The number of fused-ring (bicyclic) bond motifs is 1. The summed E-state index contributed by atoms with van der Waals surface area (Å²) in [5.41, 5.74) is 12.0. The van der Waals surface area contributed by atoms with Crippen LogP contribution in [0.3, 0.4) is 0 Å². The van der Waals surface area contributed by atoms with Gasteiger partial charge in [0.05, 0.1) is 17.4 Å². The van der Waals surface area contributed by atoms with E-state index in [0.717, 1.165) is 49.3 Å². The van der Waals surface area contributed by atoms with Crippen LogP contribution in [0.4, 0.5) is 20.6 Å². The predicted octanol–water partition coefficient (Wildman–Crippen LogP) is 6.94. The molecular formula is C36H38FN5O. The second-order valence-corrected chi connectivity index (χ2v) is 12.0. The molecular weight excluding hydrogens is 537 g/mol. The largest absolute Gasteiger partial charge is 0.368 e. The van der Waals surface area contributed by atoms with Gasteiger partial charge >= 0.3 is 6.03 Å². The third-order valence-electron chi connectivity index (χ3n) is 9.50. The number of hydrogen-bond acceptors (Lipinski definition) is 4. The fourth-order valence-electron chi connectivity index (χ4n) is 7.26. The Morgan fingerprint density at radius 2 is 1.63 bits per heavy atom. The molecule has 2 N–H and O–H groups in total. The summed E-state index contributed by atoms with van der Waals surface area (Å²) >= 11 is 0. The van der Waals surface area contributed by atoms with Crippen LogP contribution in [0.25, 0.3) is 0 Å². The summed E-state index contributed by atoms with van der Waals surface area (Å²) in [6, 6.07) is 27.4. The Hall–Kier alpha value is -4.52. The van der Waals surface area contributed by atoms with Crippen LogP contribution in [0.1, 0.15) is 37.8 Å². The maximum absolute atomic E-state index is 13.6. The molecule has 220 valence electrons. The van der Waals surface area contributed by atoms with E-state index in [2.05, 4.69) is 83.4 Å². The summed E-state index contributed by atoms with van der Waals surface area (Å²) in [4.78, 5) is 17.9. The van der Waals surface area contributed by atoms with E-state index in [1.807, 2.05) is 22.0 Å². The molecule has 1 unspecified atom stereocenters. The van der Waals surface area contributed by atoms with Crippen molar-refractivity contribution in [2.75, 3.05) is 36.1 Å². The zero-order valence-corrected chi connectivity index (χ0v) is 24.5. The van der Waals surface area contributed by atoms with Crippen molar-refractivity contribution in [3.05, 3.63) is 131 Å². The number of hydrogen-bond donors (Lipinski definition) is 2. The molecule has 0 spiro atoms. The van der Waals surface area contributed by atoms with Gasteiger partial charge in [-0.3, -0.25) is 5.01 Å². The zero-order chi connectivity index (χ0) is 29.3. The lowest BCUT2D eigenvalue weighted by atomic mass is 9.78. The van der Waals surface area contributed by atoms with Crippen molar-refractivity contribution < 1.29 is 9.18 Å². The predicted molar refractivity (Wildman–Crippen MR) is 170 cm³/mol. The monoisotopic (exact) mass is 575 g/mol. The number of anilines is 2. The summed E-state index contributed by atoms with van der Waals surface area (Å²) in [6.07, 6.45) is 7.37. The van der Waals surface area contributed by atoms with Gasteiger partial charge in [0.1, 0.15) is 5.82 Å². The molecule has 0 saturated carbocycles. The highest BCUT2D eigenvalue weighted by Gasteiger charge is 2.39. The van der Waals surface area contributed by atoms with Crippen LogP contribution < -0.4 is 20.7 Å². The topological polar surface area (TPSA) is 50.9 Å². The molecule has 3 atom stereocenters. The van der Waals surface area contributed by atoms with Gasteiger partial charge in [-0.05, 0) is 78.8 Å². The summed E-state index contributed by atoms with van der Waals surface area (Å²) in [5, 5.41) is 5.49. The molecule has 2 amide bonds. The fourth-order valence-corrected chi connectivity index (χ4v) is 7.26. The first-order chi connectivity index (χ1) is 21.0. The molecule has 0 radical (unpaired) electrons. The molecule has 1 fully saturated rings. The van der Waals surface area contributed by atoms with E-state index in [0.29, 0.717) is 19.0 Å². The Kier molecular flexibility index (Phi) is 7.39. The van der Waals surface area contributed by atoms with Gasteiger partial charge < -0.3 is 20.5 Å². The van der Waals surface area contributed by atoms with Gasteiger partial charge in [0.2, 0.25) is 0 Å². The number of halogens is 1. The van der Waals surface area contributed by atoms with Crippen molar-refractivity contribution >= 4 is 17.4 Å². The lowest BCUT2D eigenvalue weighted by molar-refractivity contribution is 0.188. The average Bonchev–Trinajstić information content (AvgIpc) is 3.67. The van der Waals surface area contributed by atoms with Gasteiger partial charge in [-0.15, -0.1) is 0 Å². The number of nitrogens with zero attached hydrogens (tertiary/aromatic N) is 3. The number of allylic oxidation sites excluding steroid dienone is 4. The number of urea groups is 1. The summed E-state index contributed by atoms with van der Waals surface area (Å²) in [7, 11) is 0. The van der Waals surface area contributed by atoms with E-state index >= 15 is 0 Å². The minimum Gasteiger partial charge on any atom is -0.368 e. The van der Waals surface area contributed by atoms with Crippen LogP contribution in [0.2, 0.25) is 0 Å². The second kappa shape index (κ2) is 11.6. The minimum absolute atomic E-state index is 0.0188. The maximum Gasteiger partial charge on any atom is 0.318 e. The first-order valence-electron chi connectivity index (χ1n) is 15.4. The van der Waals surface area contributed by atoms with Crippen molar-refractivity contribution in [3.63, 3.8) is 0 Å². The fraction of sp³-hybridized carbons (Fsp3) is 0.306. The van der Waals surface area contributed by atoms with Crippen molar-refractivity contribution in [2.45, 2.75) is 32.2 Å². The molecule has 7 heteroatoms. The van der Waals surface area contributed by atoms with E-state index in [9.17, 15) is 9.18 Å². The van der Waals surface area contributed by atoms with Crippen molar-refractivity contribution in [1.82, 2.24) is 15.6 Å². The number of rotatable bonds is 6. The van der Waals surface area contributed by atoms with Gasteiger partial charge in [0, 0.05) is 49.6 Å². The number of benzene rings is 3. The smallest absolute Gasteiger partial charge is 0.318 e. The van der Waals surface area contributed by atoms with Gasteiger partial charge in [0.15, 0.2) is 0 Å². The Balaban J connectivity index is 1.07. The number of nitrogens with one attached hydrogen (secondary N) is 2. The number of amides is 2. The normalized spacial score (nSPS) is 22.0. The minimum atomic E-state index is -0.236.